The van der Waals surface area contributed by atoms with Gasteiger partial charge in [-0.05, 0) is 12.1 Å². The number of alkyl halides is 2. The Kier molecular flexibility index (Phi) is 5.65. The van der Waals surface area contributed by atoms with E-state index in [1.807, 2.05) is 0 Å². The molecular formula is C11H15F2NO3. The van der Waals surface area contributed by atoms with Crippen molar-refractivity contribution in [1.29, 1.82) is 0 Å². The zero-order chi connectivity index (χ0) is 12.7. The average Bonchev–Trinajstić information content (AvgIpc) is 2.31. The van der Waals surface area contributed by atoms with Gasteiger partial charge >= 0.3 is 6.61 Å². The molecule has 0 aliphatic heterocycles. The molecule has 0 bridgehead atoms. The molecule has 0 aliphatic rings. The lowest BCUT2D eigenvalue weighted by Crippen LogP contribution is -2.23. The SMILES string of the molecule is COC(CNc1ccccc1OC(F)F)OC. The standard InChI is InChI=1S/C11H15F2NO3/c1-15-10(16-2)7-14-8-5-3-4-6-9(8)17-11(12)13/h3-6,10-11,14H,7H2,1-2H3. The quantitative estimate of drug-likeness (QED) is 0.750. The Morgan fingerprint density at radius 3 is 2.41 bits per heavy atom. The fourth-order valence-electron chi connectivity index (χ4n) is 1.27. The Hall–Kier alpha value is -1.40. The smallest absolute Gasteiger partial charge is 0.387 e. The van der Waals surface area contributed by atoms with E-state index in [0.717, 1.165) is 0 Å². The second-order valence-corrected chi connectivity index (χ2v) is 3.16. The fraction of sp³-hybridized carbons (Fsp3) is 0.455. The third kappa shape index (κ3) is 4.54. The van der Waals surface area contributed by atoms with Gasteiger partial charge in [-0.2, -0.15) is 8.78 Å². The fourth-order valence-corrected chi connectivity index (χ4v) is 1.27. The molecule has 0 aliphatic carbocycles. The predicted octanol–water partition coefficient (Wildman–Crippen LogP) is 2.32. The van der Waals surface area contributed by atoms with Crippen LogP contribution in [0, 0.1) is 0 Å². The maximum atomic E-state index is 12.1. The van der Waals surface area contributed by atoms with Crippen LogP contribution in [-0.4, -0.2) is 33.7 Å². The summed E-state index contributed by atoms with van der Waals surface area (Å²) in [5.41, 5.74) is 0.465. The van der Waals surface area contributed by atoms with Crippen molar-refractivity contribution in [3.8, 4) is 5.75 Å². The average molecular weight is 247 g/mol. The number of rotatable bonds is 7. The summed E-state index contributed by atoms with van der Waals surface area (Å²) in [6, 6.07) is 6.44. The van der Waals surface area contributed by atoms with E-state index in [1.54, 1.807) is 18.2 Å². The van der Waals surface area contributed by atoms with Gasteiger partial charge in [-0.15, -0.1) is 0 Å². The summed E-state index contributed by atoms with van der Waals surface area (Å²) in [5, 5.41) is 2.91. The summed E-state index contributed by atoms with van der Waals surface area (Å²) in [7, 11) is 2.99. The molecule has 1 aromatic rings. The Bertz CT molecular complexity index is 332. The van der Waals surface area contributed by atoms with E-state index in [0.29, 0.717) is 12.2 Å². The van der Waals surface area contributed by atoms with Gasteiger partial charge in [0.2, 0.25) is 0 Å². The van der Waals surface area contributed by atoms with E-state index in [4.69, 9.17) is 9.47 Å². The molecule has 0 heterocycles. The van der Waals surface area contributed by atoms with Crippen LogP contribution in [0.2, 0.25) is 0 Å². The Labute approximate surface area is 98.5 Å². The van der Waals surface area contributed by atoms with Gasteiger partial charge in [0.25, 0.3) is 0 Å². The molecule has 0 radical (unpaired) electrons. The minimum absolute atomic E-state index is 0.0912. The molecule has 0 aromatic heterocycles. The summed E-state index contributed by atoms with van der Waals surface area (Å²) < 4.78 is 38.6. The van der Waals surface area contributed by atoms with Gasteiger partial charge in [0.15, 0.2) is 6.29 Å². The van der Waals surface area contributed by atoms with Gasteiger partial charge in [0.1, 0.15) is 5.75 Å². The van der Waals surface area contributed by atoms with Crippen LogP contribution in [0.5, 0.6) is 5.75 Å². The van der Waals surface area contributed by atoms with Gasteiger partial charge in [-0.25, -0.2) is 0 Å². The van der Waals surface area contributed by atoms with E-state index in [2.05, 4.69) is 10.1 Å². The van der Waals surface area contributed by atoms with Crippen molar-refractivity contribution in [3.63, 3.8) is 0 Å². The molecule has 6 heteroatoms. The van der Waals surface area contributed by atoms with Crippen molar-refractivity contribution in [3.05, 3.63) is 24.3 Å². The number of benzene rings is 1. The Morgan fingerprint density at radius 2 is 1.82 bits per heavy atom. The van der Waals surface area contributed by atoms with Crippen molar-refractivity contribution in [2.45, 2.75) is 12.9 Å². The number of halogens is 2. The second kappa shape index (κ2) is 7.03. The molecule has 0 saturated heterocycles. The van der Waals surface area contributed by atoms with Crippen molar-refractivity contribution in [1.82, 2.24) is 0 Å². The number of hydrogen-bond donors (Lipinski definition) is 1. The molecular weight excluding hydrogens is 232 g/mol. The largest absolute Gasteiger partial charge is 0.433 e. The summed E-state index contributed by atoms with van der Waals surface area (Å²) in [5.74, 6) is 0.0912. The topological polar surface area (TPSA) is 39.7 Å². The molecule has 0 saturated carbocycles. The highest BCUT2D eigenvalue weighted by Crippen LogP contribution is 2.25. The molecule has 4 nitrogen and oxygen atoms in total. The van der Waals surface area contributed by atoms with Crippen LogP contribution in [0.15, 0.2) is 24.3 Å². The van der Waals surface area contributed by atoms with Gasteiger partial charge in [0, 0.05) is 14.2 Å². The molecule has 0 amide bonds. The lowest BCUT2D eigenvalue weighted by molar-refractivity contribution is -0.0914. The third-order valence-corrected chi connectivity index (χ3v) is 2.09. The number of anilines is 1. The number of nitrogens with one attached hydrogen (secondary N) is 1. The zero-order valence-corrected chi connectivity index (χ0v) is 9.65. The van der Waals surface area contributed by atoms with Gasteiger partial charge in [-0.1, -0.05) is 12.1 Å². The van der Waals surface area contributed by atoms with E-state index in [1.165, 1.54) is 20.3 Å². The highest BCUT2D eigenvalue weighted by Gasteiger charge is 2.10. The summed E-state index contributed by atoms with van der Waals surface area (Å²) in [6.45, 7) is -2.52. The highest BCUT2D eigenvalue weighted by molar-refractivity contribution is 5.56. The van der Waals surface area contributed by atoms with E-state index in [-0.39, 0.29) is 5.75 Å². The number of hydrogen-bond acceptors (Lipinski definition) is 4. The molecule has 1 N–H and O–H groups in total. The highest BCUT2D eigenvalue weighted by atomic mass is 19.3. The van der Waals surface area contributed by atoms with Gasteiger partial charge in [0.05, 0.1) is 12.2 Å². The molecule has 1 rings (SSSR count). The first-order chi connectivity index (χ1) is 8.17. The summed E-state index contributed by atoms with van der Waals surface area (Å²) in [6.07, 6.45) is -0.449. The molecule has 17 heavy (non-hydrogen) atoms. The zero-order valence-electron chi connectivity index (χ0n) is 9.65. The second-order valence-electron chi connectivity index (χ2n) is 3.16. The maximum Gasteiger partial charge on any atom is 0.387 e. The first-order valence-corrected chi connectivity index (χ1v) is 5.00. The monoisotopic (exact) mass is 247 g/mol. The molecule has 0 spiro atoms. The van der Waals surface area contributed by atoms with E-state index >= 15 is 0 Å². The number of para-hydroxylation sites is 2. The van der Waals surface area contributed by atoms with Crippen LogP contribution < -0.4 is 10.1 Å². The van der Waals surface area contributed by atoms with Crippen LogP contribution in [0.1, 0.15) is 0 Å². The molecule has 0 unspecified atom stereocenters. The van der Waals surface area contributed by atoms with Crippen molar-refractivity contribution < 1.29 is 23.0 Å². The first-order valence-electron chi connectivity index (χ1n) is 5.00. The maximum absolute atomic E-state index is 12.1. The molecule has 1 aromatic carbocycles. The van der Waals surface area contributed by atoms with Crippen LogP contribution in [0.3, 0.4) is 0 Å². The van der Waals surface area contributed by atoms with Crippen molar-refractivity contribution in [2.75, 3.05) is 26.1 Å². The predicted molar refractivity (Wildman–Crippen MR) is 59.4 cm³/mol. The number of methoxy groups -OCH3 is 2. The third-order valence-electron chi connectivity index (χ3n) is 2.09. The minimum atomic E-state index is -2.85. The van der Waals surface area contributed by atoms with E-state index < -0.39 is 12.9 Å². The summed E-state index contributed by atoms with van der Waals surface area (Å²) >= 11 is 0. The molecule has 96 valence electrons. The van der Waals surface area contributed by atoms with Crippen LogP contribution in [0.4, 0.5) is 14.5 Å². The van der Waals surface area contributed by atoms with Crippen LogP contribution in [-0.2, 0) is 9.47 Å². The molecule has 0 atom stereocenters. The normalized spacial score (nSPS) is 10.9. The Balaban J connectivity index is 2.63. The van der Waals surface area contributed by atoms with Crippen molar-refractivity contribution in [2.24, 2.45) is 0 Å². The van der Waals surface area contributed by atoms with Gasteiger partial charge in [-0.3, -0.25) is 0 Å². The van der Waals surface area contributed by atoms with Crippen LogP contribution >= 0.6 is 0 Å². The molecule has 0 fully saturated rings. The lowest BCUT2D eigenvalue weighted by Gasteiger charge is -2.17. The minimum Gasteiger partial charge on any atom is -0.433 e. The summed E-state index contributed by atoms with van der Waals surface area (Å²) in [4.78, 5) is 0. The number of ether oxygens (including phenoxy) is 3. The van der Waals surface area contributed by atoms with Crippen LogP contribution in [0.25, 0.3) is 0 Å². The van der Waals surface area contributed by atoms with Gasteiger partial charge < -0.3 is 19.5 Å². The van der Waals surface area contributed by atoms with Crippen molar-refractivity contribution >= 4 is 5.69 Å². The lowest BCUT2D eigenvalue weighted by atomic mass is 10.3. The first kappa shape index (κ1) is 13.7. The van der Waals surface area contributed by atoms with E-state index in [9.17, 15) is 8.78 Å². The Morgan fingerprint density at radius 1 is 1.18 bits per heavy atom.